The number of aromatic nitrogens is 1. The van der Waals surface area contributed by atoms with Crippen LogP contribution in [-0.4, -0.2) is 31.0 Å². The number of hydrogen-bond acceptors (Lipinski definition) is 4. The second-order valence-electron chi connectivity index (χ2n) is 6.95. The summed E-state index contributed by atoms with van der Waals surface area (Å²) in [6, 6.07) is 18.0. The monoisotopic (exact) mass is 388 g/mol. The van der Waals surface area contributed by atoms with Crippen LogP contribution in [0.4, 0.5) is 22.7 Å². The third-order valence-electron chi connectivity index (χ3n) is 5.10. The van der Waals surface area contributed by atoms with Gasteiger partial charge in [-0.1, -0.05) is 18.2 Å². The van der Waals surface area contributed by atoms with Crippen LogP contribution in [0, 0.1) is 6.92 Å². The van der Waals surface area contributed by atoms with Crippen LogP contribution in [0.3, 0.4) is 0 Å². The topological polar surface area (TPSA) is 48.5 Å². The molecular formula is C24H28N4O. The van der Waals surface area contributed by atoms with E-state index in [9.17, 15) is 4.79 Å². The Morgan fingerprint density at radius 2 is 1.66 bits per heavy atom. The lowest BCUT2D eigenvalue weighted by atomic mass is 10.1. The molecule has 0 aliphatic carbocycles. The van der Waals surface area contributed by atoms with Crippen LogP contribution in [0.5, 0.6) is 0 Å². The van der Waals surface area contributed by atoms with Gasteiger partial charge in [0.1, 0.15) is 0 Å². The van der Waals surface area contributed by atoms with E-state index in [2.05, 4.69) is 35.1 Å². The summed E-state index contributed by atoms with van der Waals surface area (Å²) in [7, 11) is 1.96. The van der Waals surface area contributed by atoms with Gasteiger partial charge < -0.3 is 15.1 Å². The molecule has 0 unspecified atom stereocenters. The number of carbonyl (C=O) groups excluding carboxylic acids is 1. The molecule has 5 heteroatoms. The van der Waals surface area contributed by atoms with Crippen molar-refractivity contribution in [3.63, 3.8) is 0 Å². The number of para-hydroxylation sites is 1. The number of carbonyl (C=O) groups is 1. The fourth-order valence-corrected chi connectivity index (χ4v) is 3.30. The summed E-state index contributed by atoms with van der Waals surface area (Å²) < 4.78 is 0. The maximum Gasteiger partial charge on any atom is 0.257 e. The lowest BCUT2D eigenvalue weighted by Gasteiger charge is -2.22. The van der Waals surface area contributed by atoms with Crippen LogP contribution < -0.4 is 15.1 Å². The highest BCUT2D eigenvalue weighted by molar-refractivity contribution is 6.05. The molecule has 5 nitrogen and oxygen atoms in total. The molecule has 1 aromatic heterocycles. The fraction of sp³-hybridized carbons (Fsp3) is 0.250. The summed E-state index contributed by atoms with van der Waals surface area (Å²) >= 11 is 0. The Balaban J connectivity index is 1.78. The van der Waals surface area contributed by atoms with Gasteiger partial charge in [0.05, 0.1) is 17.4 Å². The minimum absolute atomic E-state index is 0.167. The molecule has 0 saturated heterocycles. The molecule has 29 heavy (non-hydrogen) atoms. The molecule has 1 heterocycles. The molecule has 3 rings (SSSR count). The van der Waals surface area contributed by atoms with E-state index in [1.807, 2.05) is 67.4 Å². The highest BCUT2D eigenvalue weighted by Crippen LogP contribution is 2.25. The predicted octanol–water partition coefficient (Wildman–Crippen LogP) is 5.26. The van der Waals surface area contributed by atoms with Gasteiger partial charge in [-0.2, -0.15) is 0 Å². The fourth-order valence-electron chi connectivity index (χ4n) is 3.30. The minimum atomic E-state index is -0.167. The molecular weight excluding hydrogens is 360 g/mol. The molecule has 0 spiro atoms. The summed E-state index contributed by atoms with van der Waals surface area (Å²) in [6.07, 6.45) is 3.35. The largest absolute Gasteiger partial charge is 0.372 e. The van der Waals surface area contributed by atoms with E-state index in [0.29, 0.717) is 5.56 Å². The van der Waals surface area contributed by atoms with Gasteiger partial charge >= 0.3 is 0 Å². The van der Waals surface area contributed by atoms with Crippen molar-refractivity contribution >= 4 is 28.7 Å². The summed E-state index contributed by atoms with van der Waals surface area (Å²) in [5.41, 5.74) is 5.43. The first-order chi connectivity index (χ1) is 14.0. The molecule has 1 amide bonds. The van der Waals surface area contributed by atoms with Crippen molar-refractivity contribution < 1.29 is 4.79 Å². The van der Waals surface area contributed by atoms with E-state index < -0.39 is 0 Å². The van der Waals surface area contributed by atoms with E-state index in [-0.39, 0.29) is 5.91 Å². The summed E-state index contributed by atoms with van der Waals surface area (Å²) in [6.45, 7) is 8.20. The van der Waals surface area contributed by atoms with Gasteiger partial charge in [0.25, 0.3) is 5.91 Å². The van der Waals surface area contributed by atoms with Crippen molar-refractivity contribution in [3.05, 3.63) is 78.1 Å². The number of anilines is 4. The number of aryl methyl sites for hydroxylation is 1. The molecule has 150 valence electrons. The number of rotatable bonds is 7. The molecule has 0 radical (unpaired) electrons. The van der Waals surface area contributed by atoms with Crippen LogP contribution in [-0.2, 0) is 0 Å². The van der Waals surface area contributed by atoms with Gasteiger partial charge in [-0.25, -0.2) is 0 Å². The molecule has 0 saturated carbocycles. The van der Waals surface area contributed by atoms with Crippen LogP contribution in [0.25, 0.3) is 0 Å². The molecule has 0 atom stereocenters. The lowest BCUT2D eigenvalue weighted by molar-refractivity contribution is 0.102. The molecule has 0 fully saturated rings. The Labute approximate surface area is 173 Å². The predicted molar refractivity (Wildman–Crippen MR) is 121 cm³/mol. The van der Waals surface area contributed by atoms with Gasteiger partial charge in [-0.05, 0) is 62.7 Å². The average molecular weight is 389 g/mol. The van der Waals surface area contributed by atoms with E-state index in [0.717, 1.165) is 35.7 Å². The molecule has 0 bridgehead atoms. The SMILES string of the molecule is CCN(CC)c1ccc(NC(=O)c2cncc(N(C)c3ccccc3)c2)c(C)c1. The standard InChI is InChI=1S/C24H28N4O/c1-5-28(6-2)21-12-13-23(18(3)14-21)26-24(29)19-15-22(17-25-16-19)27(4)20-10-8-7-9-11-20/h7-17H,5-6H2,1-4H3,(H,26,29). The quantitative estimate of drug-likeness (QED) is 0.600. The first-order valence-electron chi connectivity index (χ1n) is 9.94. The first-order valence-corrected chi connectivity index (χ1v) is 9.94. The number of benzene rings is 2. The normalized spacial score (nSPS) is 10.5. The van der Waals surface area contributed by atoms with Gasteiger partial charge in [0, 0.05) is 43.4 Å². The Bertz CT molecular complexity index is 968. The van der Waals surface area contributed by atoms with Crippen molar-refractivity contribution in [1.82, 2.24) is 4.98 Å². The Hall–Kier alpha value is -3.34. The maximum absolute atomic E-state index is 12.8. The van der Waals surface area contributed by atoms with Crippen LogP contribution in [0.2, 0.25) is 0 Å². The smallest absolute Gasteiger partial charge is 0.257 e. The molecule has 3 aromatic rings. The Morgan fingerprint density at radius 3 is 2.31 bits per heavy atom. The van der Waals surface area contributed by atoms with E-state index in [4.69, 9.17) is 0 Å². The van der Waals surface area contributed by atoms with Gasteiger partial charge in [-0.3, -0.25) is 9.78 Å². The summed E-state index contributed by atoms with van der Waals surface area (Å²) in [5.74, 6) is -0.167. The van der Waals surface area contributed by atoms with Crippen molar-refractivity contribution in [2.75, 3.05) is 35.3 Å². The zero-order chi connectivity index (χ0) is 20.8. The molecule has 1 N–H and O–H groups in total. The van der Waals surface area contributed by atoms with E-state index in [1.54, 1.807) is 12.4 Å². The highest BCUT2D eigenvalue weighted by Gasteiger charge is 2.12. The number of amides is 1. The molecule has 0 aliphatic heterocycles. The van der Waals surface area contributed by atoms with E-state index in [1.165, 1.54) is 5.69 Å². The summed E-state index contributed by atoms with van der Waals surface area (Å²) in [5, 5.41) is 3.02. The third kappa shape index (κ3) is 4.74. The lowest BCUT2D eigenvalue weighted by Crippen LogP contribution is -2.22. The van der Waals surface area contributed by atoms with Crippen molar-refractivity contribution in [2.45, 2.75) is 20.8 Å². The Kier molecular flexibility index (Phi) is 6.50. The molecule has 0 aliphatic rings. The van der Waals surface area contributed by atoms with Crippen LogP contribution in [0.15, 0.2) is 67.0 Å². The zero-order valence-corrected chi connectivity index (χ0v) is 17.5. The number of pyridine rings is 1. The highest BCUT2D eigenvalue weighted by atomic mass is 16.1. The van der Waals surface area contributed by atoms with Crippen molar-refractivity contribution in [3.8, 4) is 0 Å². The van der Waals surface area contributed by atoms with E-state index >= 15 is 0 Å². The first kappa shape index (κ1) is 20.4. The molecule has 2 aromatic carbocycles. The Morgan fingerprint density at radius 1 is 0.931 bits per heavy atom. The number of hydrogen-bond donors (Lipinski definition) is 1. The average Bonchev–Trinajstić information content (AvgIpc) is 2.76. The van der Waals surface area contributed by atoms with Crippen molar-refractivity contribution in [1.29, 1.82) is 0 Å². The zero-order valence-electron chi connectivity index (χ0n) is 17.5. The minimum Gasteiger partial charge on any atom is -0.372 e. The second-order valence-corrected chi connectivity index (χ2v) is 6.95. The summed E-state index contributed by atoms with van der Waals surface area (Å²) in [4.78, 5) is 21.4. The maximum atomic E-state index is 12.8. The third-order valence-corrected chi connectivity index (χ3v) is 5.10. The van der Waals surface area contributed by atoms with Gasteiger partial charge in [0.15, 0.2) is 0 Å². The van der Waals surface area contributed by atoms with Gasteiger partial charge in [0.2, 0.25) is 0 Å². The van der Waals surface area contributed by atoms with Crippen LogP contribution >= 0.6 is 0 Å². The van der Waals surface area contributed by atoms with Crippen LogP contribution in [0.1, 0.15) is 29.8 Å². The van der Waals surface area contributed by atoms with Gasteiger partial charge in [-0.15, -0.1) is 0 Å². The van der Waals surface area contributed by atoms with Crippen molar-refractivity contribution in [2.24, 2.45) is 0 Å². The second kappa shape index (κ2) is 9.24. The number of nitrogens with one attached hydrogen (secondary N) is 1. The number of nitrogens with zero attached hydrogens (tertiary/aromatic N) is 3.